The number of likely N-dealkylation sites (tertiary alicyclic amines) is 2. The maximum atomic E-state index is 14.0. The zero-order chi connectivity index (χ0) is 28.5. The highest BCUT2D eigenvalue weighted by atomic mass is 16.5. The van der Waals surface area contributed by atoms with Crippen molar-refractivity contribution in [2.45, 2.75) is 91.8 Å². The van der Waals surface area contributed by atoms with Crippen LogP contribution in [-0.2, 0) is 11.4 Å². The van der Waals surface area contributed by atoms with Gasteiger partial charge in [-0.1, -0.05) is 65.0 Å². The van der Waals surface area contributed by atoms with Gasteiger partial charge in [-0.2, -0.15) is 0 Å². The molecule has 2 aromatic rings. The molecule has 0 N–H and O–H groups in total. The molecule has 0 bridgehead atoms. The molecule has 2 aliphatic heterocycles. The van der Waals surface area contributed by atoms with Crippen LogP contribution in [0.5, 0.6) is 5.75 Å². The van der Waals surface area contributed by atoms with Crippen molar-refractivity contribution in [1.29, 1.82) is 0 Å². The first-order valence-corrected chi connectivity index (χ1v) is 15.9. The van der Waals surface area contributed by atoms with E-state index in [9.17, 15) is 4.79 Å². The van der Waals surface area contributed by atoms with Crippen molar-refractivity contribution in [2.24, 2.45) is 17.8 Å². The smallest absolute Gasteiger partial charge is 0.240 e. The standard InChI is InChI=1S/C35H53N3O2/c1-27(2)17-21-36-22-19-29(5)24-34(36)35(39)37-20-9-12-32(25-37)38(23-18-28(3)4)31-13-15-33(16-14-31)40-26-30-10-7-6-8-11-30/h6-8,10-11,13-16,27-29,32,34H,9,12,17-26H2,1-5H3. The minimum absolute atomic E-state index is 0.0476. The maximum absolute atomic E-state index is 14.0. The van der Waals surface area contributed by atoms with Crippen LogP contribution in [0.1, 0.15) is 78.7 Å². The van der Waals surface area contributed by atoms with Gasteiger partial charge in [-0.15, -0.1) is 0 Å². The topological polar surface area (TPSA) is 36.0 Å². The van der Waals surface area contributed by atoms with Gasteiger partial charge in [-0.25, -0.2) is 0 Å². The van der Waals surface area contributed by atoms with Crippen LogP contribution >= 0.6 is 0 Å². The Hall–Kier alpha value is -2.53. The van der Waals surface area contributed by atoms with Gasteiger partial charge in [0.1, 0.15) is 12.4 Å². The molecule has 2 aliphatic rings. The number of benzene rings is 2. The van der Waals surface area contributed by atoms with E-state index in [2.05, 4.69) is 85.7 Å². The number of piperidine rings is 2. The molecule has 4 rings (SSSR count). The fourth-order valence-corrected chi connectivity index (χ4v) is 6.15. The van der Waals surface area contributed by atoms with Crippen LogP contribution in [-0.4, -0.2) is 60.5 Å². The Bertz CT molecular complexity index is 1020. The van der Waals surface area contributed by atoms with Crippen LogP contribution in [0.4, 0.5) is 5.69 Å². The Labute approximate surface area is 243 Å². The second-order valence-corrected chi connectivity index (χ2v) is 13.1. The maximum Gasteiger partial charge on any atom is 0.240 e. The lowest BCUT2D eigenvalue weighted by Crippen LogP contribution is -2.57. The van der Waals surface area contributed by atoms with E-state index < -0.39 is 0 Å². The third-order valence-corrected chi connectivity index (χ3v) is 8.77. The number of amides is 1. The van der Waals surface area contributed by atoms with Crippen LogP contribution < -0.4 is 9.64 Å². The Kier molecular flexibility index (Phi) is 11.3. The second kappa shape index (κ2) is 14.9. The molecule has 0 aliphatic carbocycles. The lowest BCUT2D eigenvalue weighted by atomic mass is 9.90. The summed E-state index contributed by atoms with van der Waals surface area (Å²) in [6, 6.07) is 19.3. The van der Waals surface area contributed by atoms with E-state index in [1.807, 2.05) is 18.2 Å². The number of hydrogen-bond donors (Lipinski definition) is 0. The molecule has 3 unspecified atom stereocenters. The molecule has 2 saturated heterocycles. The fraction of sp³-hybridized carbons (Fsp3) is 0.629. The lowest BCUT2D eigenvalue weighted by Gasteiger charge is -2.44. The molecule has 0 aromatic heterocycles. The number of rotatable bonds is 12. The van der Waals surface area contributed by atoms with Crippen molar-refractivity contribution in [3.05, 3.63) is 60.2 Å². The van der Waals surface area contributed by atoms with Gasteiger partial charge in [0.25, 0.3) is 0 Å². The molecule has 1 amide bonds. The molecule has 0 spiro atoms. The predicted octanol–water partition coefficient (Wildman–Crippen LogP) is 7.26. The minimum atomic E-state index is 0.0476. The highest BCUT2D eigenvalue weighted by molar-refractivity contribution is 5.82. The van der Waals surface area contributed by atoms with Crippen LogP contribution in [0.2, 0.25) is 0 Å². The molecule has 2 aromatic carbocycles. The Morgan fingerprint density at radius 2 is 1.68 bits per heavy atom. The summed E-state index contributed by atoms with van der Waals surface area (Å²) in [6.45, 7) is 16.9. The summed E-state index contributed by atoms with van der Waals surface area (Å²) >= 11 is 0. The average molecular weight is 548 g/mol. The summed E-state index contributed by atoms with van der Waals surface area (Å²) in [4.78, 5) is 21.3. The highest BCUT2D eigenvalue weighted by Crippen LogP contribution is 2.29. The van der Waals surface area contributed by atoms with E-state index >= 15 is 0 Å². The van der Waals surface area contributed by atoms with Gasteiger partial charge in [-0.05, 0) is 99.2 Å². The number of ether oxygens (including phenoxy) is 1. The monoisotopic (exact) mass is 547 g/mol. The van der Waals surface area contributed by atoms with E-state index in [1.165, 1.54) is 17.7 Å². The molecule has 40 heavy (non-hydrogen) atoms. The molecule has 5 nitrogen and oxygen atoms in total. The van der Waals surface area contributed by atoms with Crippen LogP contribution in [0.25, 0.3) is 0 Å². The molecular weight excluding hydrogens is 494 g/mol. The van der Waals surface area contributed by atoms with Crippen LogP contribution in [0.15, 0.2) is 54.6 Å². The van der Waals surface area contributed by atoms with Gasteiger partial charge in [0, 0.05) is 31.4 Å². The largest absolute Gasteiger partial charge is 0.489 e. The van der Waals surface area contributed by atoms with E-state index in [-0.39, 0.29) is 6.04 Å². The summed E-state index contributed by atoms with van der Waals surface area (Å²) < 4.78 is 6.06. The van der Waals surface area contributed by atoms with Gasteiger partial charge in [0.05, 0.1) is 6.04 Å². The summed E-state index contributed by atoms with van der Waals surface area (Å²) in [5.41, 5.74) is 2.41. The molecule has 220 valence electrons. The molecule has 0 radical (unpaired) electrons. The van der Waals surface area contributed by atoms with Crippen molar-refractivity contribution in [1.82, 2.24) is 9.80 Å². The lowest BCUT2D eigenvalue weighted by molar-refractivity contribution is -0.140. The van der Waals surface area contributed by atoms with Crippen LogP contribution in [0, 0.1) is 17.8 Å². The Balaban J connectivity index is 1.44. The van der Waals surface area contributed by atoms with Gasteiger partial charge in [-0.3, -0.25) is 9.69 Å². The number of nitrogens with zero attached hydrogens (tertiary/aromatic N) is 3. The van der Waals surface area contributed by atoms with E-state index in [0.29, 0.717) is 36.3 Å². The van der Waals surface area contributed by atoms with Crippen molar-refractivity contribution >= 4 is 11.6 Å². The first-order valence-electron chi connectivity index (χ1n) is 15.9. The summed E-state index contributed by atoms with van der Waals surface area (Å²) in [6.07, 6.45) is 6.71. The first kappa shape index (κ1) is 30.4. The average Bonchev–Trinajstić information content (AvgIpc) is 2.96. The van der Waals surface area contributed by atoms with Gasteiger partial charge in [0.2, 0.25) is 5.91 Å². The first-order chi connectivity index (χ1) is 19.3. The van der Waals surface area contributed by atoms with Crippen molar-refractivity contribution < 1.29 is 9.53 Å². The molecule has 5 heteroatoms. The fourth-order valence-electron chi connectivity index (χ4n) is 6.15. The zero-order valence-electron chi connectivity index (χ0n) is 25.7. The highest BCUT2D eigenvalue weighted by Gasteiger charge is 2.37. The van der Waals surface area contributed by atoms with E-state index in [4.69, 9.17) is 4.74 Å². The summed E-state index contributed by atoms with van der Waals surface area (Å²) in [7, 11) is 0. The summed E-state index contributed by atoms with van der Waals surface area (Å²) in [5.74, 6) is 3.18. The zero-order valence-corrected chi connectivity index (χ0v) is 25.7. The summed E-state index contributed by atoms with van der Waals surface area (Å²) in [5, 5.41) is 0. The van der Waals surface area contributed by atoms with Crippen molar-refractivity contribution in [3.63, 3.8) is 0 Å². The normalized spacial score (nSPS) is 22.1. The number of carbonyl (C=O) groups is 1. The van der Waals surface area contributed by atoms with Gasteiger partial charge < -0.3 is 14.5 Å². The number of anilines is 1. The van der Waals surface area contributed by atoms with Crippen molar-refractivity contribution in [2.75, 3.05) is 37.6 Å². The molecule has 2 fully saturated rings. The van der Waals surface area contributed by atoms with Gasteiger partial charge >= 0.3 is 0 Å². The molecule has 0 saturated carbocycles. The van der Waals surface area contributed by atoms with E-state index in [0.717, 1.165) is 70.6 Å². The predicted molar refractivity (Wildman–Crippen MR) is 167 cm³/mol. The number of carbonyl (C=O) groups excluding carboxylic acids is 1. The Morgan fingerprint density at radius 1 is 0.950 bits per heavy atom. The number of hydrogen-bond acceptors (Lipinski definition) is 4. The molecule has 3 atom stereocenters. The minimum Gasteiger partial charge on any atom is -0.489 e. The van der Waals surface area contributed by atoms with Crippen LogP contribution in [0.3, 0.4) is 0 Å². The third-order valence-electron chi connectivity index (χ3n) is 8.77. The van der Waals surface area contributed by atoms with E-state index in [1.54, 1.807) is 0 Å². The Morgan fingerprint density at radius 3 is 2.38 bits per heavy atom. The van der Waals surface area contributed by atoms with Crippen molar-refractivity contribution in [3.8, 4) is 5.75 Å². The third kappa shape index (κ3) is 8.73. The van der Waals surface area contributed by atoms with Gasteiger partial charge in [0.15, 0.2) is 0 Å². The quantitative estimate of drug-likeness (QED) is 0.280. The second-order valence-electron chi connectivity index (χ2n) is 13.1. The SMILES string of the molecule is CC(C)CCN1CCC(C)CC1C(=O)N1CCCC(N(CCC(C)C)c2ccc(OCc3ccccc3)cc2)C1. The molecule has 2 heterocycles. The molecular formula is C35H53N3O2.